The van der Waals surface area contributed by atoms with Crippen LogP contribution in [-0.4, -0.2) is 39.8 Å². The van der Waals surface area contributed by atoms with Gasteiger partial charge in [-0.2, -0.15) is 5.10 Å². The average Bonchev–Trinajstić information content (AvgIpc) is 2.99. The van der Waals surface area contributed by atoms with Gasteiger partial charge in [-0.05, 0) is 30.3 Å². The first-order valence-electron chi connectivity index (χ1n) is 8.75. The van der Waals surface area contributed by atoms with E-state index in [2.05, 4.69) is 5.10 Å². The molecule has 0 aliphatic carbocycles. The molecule has 0 radical (unpaired) electrons. The molecule has 26 heavy (non-hydrogen) atoms. The maximum absolute atomic E-state index is 13.0. The van der Waals surface area contributed by atoms with Gasteiger partial charge >= 0.3 is 0 Å². The summed E-state index contributed by atoms with van der Waals surface area (Å²) < 4.78 is 20.5. The Morgan fingerprint density at radius 3 is 2.54 bits per heavy atom. The quantitative estimate of drug-likeness (QED) is 0.725. The number of piperidine rings is 1. The van der Waals surface area contributed by atoms with E-state index in [9.17, 15) is 9.18 Å². The second-order valence-electron chi connectivity index (χ2n) is 6.55. The summed E-state index contributed by atoms with van der Waals surface area (Å²) in [6, 6.07) is 13.7. The lowest BCUT2D eigenvalue weighted by Gasteiger charge is -2.32. The minimum absolute atomic E-state index is 0.00133. The molecule has 0 spiro atoms. The lowest BCUT2D eigenvalue weighted by Crippen LogP contribution is -2.42. The molecule has 0 atom stereocenters. The van der Waals surface area contributed by atoms with Crippen molar-refractivity contribution in [2.24, 2.45) is 7.05 Å². The second-order valence-corrected chi connectivity index (χ2v) is 6.55. The van der Waals surface area contributed by atoms with E-state index in [1.165, 1.54) is 12.1 Å². The van der Waals surface area contributed by atoms with Gasteiger partial charge in [0.2, 0.25) is 0 Å². The van der Waals surface area contributed by atoms with Gasteiger partial charge in [-0.1, -0.05) is 18.2 Å². The van der Waals surface area contributed by atoms with Crippen molar-refractivity contribution in [1.82, 2.24) is 14.7 Å². The summed E-state index contributed by atoms with van der Waals surface area (Å²) in [6.07, 6.45) is 1.53. The van der Waals surface area contributed by atoms with E-state index in [0.717, 1.165) is 23.7 Å². The van der Waals surface area contributed by atoms with Crippen molar-refractivity contribution in [3.63, 3.8) is 0 Å². The molecule has 1 aliphatic heterocycles. The number of fused-ring (bicyclic) bond motifs is 1. The summed E-state index contributed by atoms with van der Waals surface area (Å²) in [6.45, 7) is 1.26. The molecule has 1 aromatic heterocycles. The molecule has 1 saturated heterocycles. The highest BCUT2D eigenvalue weighted by atomic mass is 19.1. The van der Waals surface area contributed by atoms with Gasteiger partial charge in [0.05, 0.1) is 5.52 Å². The molecular formula is C20H20FN3O2. The Morgan fingerprint density at radius 2 is 1.81 bits per heavy atom. The Hall–Kier alpha value is -2.89. The molecule has 0 unspecified atom stereocenters. The molecule has 1 amide bonds. The predicted molar refractivity (Wildman–Crippen MR) is 96.7 cm³/mol. The van der Waals surface area contributed by atoms with Crippen LogP contribution < -0.4 is 4.74 Å². The summed E-state index contributed by atoms with van der Waals surface area (Å²) in [5.74, 6) is 0.386. The molecule has 0 saturated carbocycles. The molecule has 134 valence electrons. The SMILES string of the molecule is Cn1nc2ccccc2c1C(=O)N1CCC(Oc2ccc(F)cc2)CC1. The van der Waals surface area contributed by atoms with Crippen LogP contribution in [0.3, 0.4) is 0 Å². The number of hydrogen-bond acceptors (Lipinski definition) is 3. The van der Waals surface area contributed by atoms with Crippen LogP contribution in [-0.2, 0) is 7.05 Å². The number of rotatable bonds is 3. The highest BCUT2D eigenvalue weighted by Gasteiger charge is 2.27. The van der Waals surface area contributed by atoms with Crippen LogP contribution in [0.25, 0.3) is 10.9 Å². The van der Waals surface area contributed by atoms with Crippen LogP contribution in [0, 0.1) is 5.82 Å². The second kappa shape index (κ2) is 6.78. The van der Waals surface area contributed by atoms with Crippen molar-refractivity contribution in [1.29, 1.82) is 0 Å². The highest BCUT2D eigenvalue weighted by molar-refractivity contribution is 6.05. The topological polar surface area (TPSA) is 47.4 Å². The van der Waals surface area contributed by atoms with E-state index >= 15 is 0 Å². The predicted octanol–water partition coefficient (Wildman–Crippen LogP) is 3.40. The van der Waals surface area contributed by atoms with Gasteiger partial charge in [0.25, 0.3) is 5.91 Å². The molecule has 2 aromatic carbocycles. The number of aryl methyl sites for hydroxylation is 1. The normalized spacial score (nSPS) is 15.4. The standard InChI is InChI=1S/C20H20FN3O2/c1-23-19(17-4-2-3-5-18(17)22-23)20(25)24-12-10-16(11-13-24)26-15-8-6-14(21)7-9-15/h2-9,16H,10-13H2,1H3. The zero-order valence-corrected chi connectivity index (χ0v) is 14.6. The minimum Gasteiger partial charge on any atom is -0.490 e. The molecule has 5 nitrogen and oxygen atoms in total. The first kappa shape index (κ1) is 16.6. The largest absolute Gasteiger partial charge is 0.490 e. The fourth-order valence-electron chi connectivity index (χ4n) is 3.43. The minimum atomic E-state index is -0.277. The summed E-state index contributed by atoms with van der Waals surface area (Å²) in [4.78, 5) is 14.8. The molecule has 4 rings (SSSR count). The monoisotopic (exact) mass is 353 g/mol. The number of likely N-dealkylation sites (tertiary alicyclic amines) is 1. The van der Waals surface area contributed by atoms with Crippen LogP contribution in [0.15, 0.2) is 48.5 Å². The molecule has 1 fully saturated rings. The van der Waals surface area contributed by atoms with Crippen molar-refractivity contribution >= 4 is 16.8 Å². The smallest absolute Gasteiger partial charge is 0.272 e. The Kier molecular flexibility index (Phi) is 4.32. The van der Waals surface area contributed by atoms with Gasteiger partial charge in [-0.25, -0.2) is 4.39 Å². The number of nitrogens with zero attached hydrogens (tertiary/aromatic N) is 3. The number of carbonyl (C=O) groups is 1. The molecule has 0 bridgehead atoms. The van der Waals surface area contributed by atoms with Crippen molar-refractivity contribution in [2.75, 3.05) is 13.1 Å². The molecule has 3 aromatic rings. The van der Waals surface area contributed by atoms with E-state index in [1.54, 1.807) is 23.9 Å². The first-order chi connectivity index (χ1) is 12.6. The molecular weight excluding hydrogens is 333 g/mol. The fraction of sp³-hybridized carbons (Fsp3) is 0.300. The van der Waals surface area contributed by atoms with Crippen LogP contribution in [0.2, 0.25) is 0 Å². The van der Waals surface area contributed by atoms with Gasteiger partial charge in [0, 0.05) is 38.4 Å². The number of benzene rings is 2. The zero-order valence-electron chi connectivity index (χ0n) is 14.6. The Morgan fingerprint density at radius 1 is 1.12 bits per heavy atom. The van der Waals surface area contributed by atoms with Crippen LogP contribution in [0.1, 0.15) is 23.3 Å². The number of halogens is 1. The van der Waals surface area contributed by atoms with Crippen molar-refractivity contribution in [3.8, 4) is 5.75 Å². The number of hydrogen-bond donors (Lipinski definition) is 0. The van der Waals surface area contributed by atoms with Gasteiger partial charge in [-0.3, -0.25) is 9.48 Å². The Bertz CT molecular complexity index is 928. The van der Waals surface area contributed by atoms with Crippen molar-refractivity contribution < 1.29 is 13.9 Å². The third-order valence-electron chi connectivity index (χ3n) is 4.79. The number of ether oxygens (including phenoxy) is 1. The number of aromatic nitrogens is 2. The molecule has 2 heterocycles. The first-order valence-corrected chi connectivity index (χ1v) is 8.75. The van der Waals surface area contributed by atoms with E-state index < -0.39 is 0 Å². The summed E-state index contributed by atoms with van der Waals surface area (Å²) in [5.41, 5.74) is 1.45. The van der Waals surface area contributed by atoms with Crippen LogP contribution in [0.4, 0.5) is 4.39 Å². The third-order valence-corrected chi connectivity index (χ3v) is 4.79. The van der Waals surface area contributed by atoms with Gasteiger partial charge in [-0.15, -0.1) is 0 Å². The Balaban J connectivity index is 1.43. The van der Waals surface area contributed by atoms with E-state index in [1.807, 2.05) is 29.2 Å². The maximum atomic E-state index is 13.0. The van der Waals surface area contributed by atoms with E-state index in [-0.39, 0.29) is 17.8 Å². The van der Waals surface area contributed by atoms with E-state index in [0.29, 0.717) is 24.5 Å². The lowest BCUT2D eigenvalue weighted by atomic mass is 10.1. The van der Waals surface area contributed by atoms with Crippen molar-refractivity contribution in [2.45, 2.75) is 18.9 Å². The van der Waals surface area contributed by atoms with Gasteiger partial charge in [0.1, 0.15) is 23.4 Å². The average molecular weight is 353 g/mol. The number of carbonyl (C=O) groups excluding carboxylic acids is 1. The Labute approximate surface area is 151 Å². The van der Waals surface area contributed by atoms with E-state index in [4.69, 9.17) is 4.74 Å². The third kappa shape index (κ3) is 3.14. The fourth-order valence-corrected chi connectivity index (χ4v) is 3.43. The molecule has 1 aliphatic rings. The molecule has 6 heteroatoms. The van der Waals surface area contributed by atoms with Crippen LogP contribution in [0.5, 0.6) is 5.75 Å². The zero-order chi connectivity index (χ0) is 18.1. The summed E-state index contributed by atoms with van der Waals surface area (Å²) in [7, 11) is 1.80. The number of amides is 1. The van der Waals surface area contributed by atoms with Crippen molar-refractivity contribution in [3.05, 3.63) is 60.0 Å². The van der Waals surface area contributed by atoms with Gasteiger partial charge in [0.15, 0.2) is 0 Å². The van der Waals surface area contributed by atoms with Crippen LogP contribution >= 0.6 is 0 Å². The maximum Gasteiger partial charge on any atom is 0.272 e. The van der Waals surface area contributed by atoms with Gasteiger partial charge < -0.3 is 9.64 Å². The summed E-state index contributed by atoms with van der Waals surface area (Å²) >= 11 is 0. The molecule has 0 N–H and O–H groups in total. The highest BCUT2D eigenvalue weighted by Crippen LogP contribution is 2.23. The summed E-state index contributed by atoms with van der Waals surface area (Å²) in [5, 5.41) is 5.30. The lowest BCUT2D eigenvalue weighted by molar-refractivity contribution is 0.0587.